The normalized spacial score (nSPS) is 10.2. The SMILES string of the molecule is Cc1nc(Br)ccc1NC(=O)c1cccc(I)c1. The first-order valence-electron chi connectivity index (χ1n) is 5.26. The highest BCUT2D eigenvalue weighted by Crippen LogP contribution is 2.17. The molecule has 18 heavy (non-hydrogen) atoms. The molecule has 0 fully saturated rings. The van der Waals surface area contributed by atoms with E-state index in [1.807, 2.05) is 31.2 Å². The van der Waals surface area contributed by atoms with Gasteiger partial charge < -0.3 is 5.32 Å². The lowest BCUT2D eigenvalue weighted by molar-refractivity contribution is 0.102. The van der Waals surface area contributed by atoms with Gasteiger partial charge in [0.25, 0.3) is 5.91 Å². The second-order valence-corrected chi connectivity index (χ2v) is 5.79. The molecule has 1 heterocycles. The molecule has 3 nitrogen and oxygen atoms in total. The van der Waals surface area contributed by atoms with Crippen LogP contribution in [0.1, 0.15) is 16.1 Å². The third-order valence-corrected chi connectivity index (χ3v) is 3.50. The zero-order chi connectivity index (χ0) is 13.1. The van der Waals surface area contributed by atoms with Gasteiger partial charge in [-0.1, -0.05) is 6.07 Å². The Labute approximate surface area is 127 Å². The van der Waals surface area contributed by atoms with Gasteiger partial charge >= 0.3 is 0 Å². The van der Waals surface area contributed by atoms with E-state index in [4.69, 9.17) is 0 Å². The zero-order valence-corrected chi connectivity index (χ0v) is 13.3. The Hall–Kier alpha value is -0.950. The summed E-state index contributed by atoms with van der Waals surface area (Å²) in [5.41, 5.74) is 2.15. The number of carbonyl (C=O) groups is 1. The van der Waals surface area contributed by atoms with Crippen LogP contribution in [-0.4, -0.2) is 10.9 Å². The van der Waals surface area contributed by atoms with E-state index in [2.05, 4.69) is 48.8 Å². The topological polar surface area (TPSA) is 42.0 Å². The van der Waals surface area contributed by atoms with Crippen molar-refractivity contribution in [2.24, 2.45) is 0 Å². The largest absolute Gasteiger partial charge is 0.320 e. The summed E-state index contributed by atoms with van der Waals surface area (Å²) in [7, 11) is 0. The summed E-state index contributed by atoms with van der Waals surface area (Å²) in [5.74, 6) is -0.124. The minimum atomic E-state index is -0.124. The molecule has 1 N–H and O–H groups in total. The maximum absolute atomic E-state index is 12.0. The van der Waals surface area contributed by atoms with Crippen LogP contribution < -0.4 is 5.32 Å². The van der Waals surface area contributed by atoms with Gasteiger partial charge in [-0.15, -0.1) is 0 Å². The number of aromatic nitrogens is 1. The van der Waals surface area contributed by atoms with Crippen LogP contribution in [0.4, 0.5) is 5.69 Å². The molecule has 0 saturated heterocycles. The Morgan fingerprint density at radius 3 is 2.78 bits per heavy atom. The molecule has 0 radical (unpaired) electrons. The fourth-order valence-corrected chi connectivity index (χ4v) is 2.43. The van der Waals surface area contributed by atoms with Crippen molar-refractivity contribution in [3.05, 3.63) is 55.8 Å². The molecule has 0 spiro atoms. The maximum atomic E-state index is 12.0. The smallest absolute Gasteiger partial charge is 0.255 e. The number of amides is 1. The Bertz CT molecular complexity index is 601. The Balaban J connectivity index is 2.21. The first kappa shape index (κ1) is 13.5. The van der Waals surface area contributed by atoms with Crippen LogP contribution in [0.25, 0.3) is 0 Å². The molecule has 0 saturated carbocycles. The van der Waals surface area contributed by atoms with Crippen LogP contribution in [0.15, 0.2) is 41.0 Å². The number of hydrogen-bond donors (Lipinski definition) is 1. The van der Waals surface area contributed by atoms with Gasteiger partial charge in [0, 0.05) is 9.13 Å². The average Bonchev–Trinajstić information content (AvgIpc) is 2.32. The Morgan fingerprint density at radius 1 is 1.33 bits per heavy atom. The number of nitrogens with one attached hydrogen (secondary N) is 1. The van der Waals surface area contributed by atoms with E-state index in [1.54, 1.807) is 12.1 Å². The lowest BCUT2D eigenvalue weighted by atomic mass is 10.2. The lowest BCUT2D eigenvalue weighted by Gasteiger charge is -2.08. The third-order valence-electron chi connectivity index (χ3n) is 2.39. The summed E-state index contributed by atoms with van der Waals surface area (Å²) in [6.07, 6.45) is 0. The van der Waals surface area contributed by atoms with Gasteiger partial charge in [0.2, 0.25) is 0 Å². The van der Waals surface area contributed by atoms with Gasteiger partial charge in [-0.3, -0.25) is 4.79 Å². The summed E-state index contributed by atoms with van der Waals surface area (Å²) < 4.78 is 1.79. The van der Waals surface area contributed by atoms with Crippen LogP contribution in [-0.2, 0) is 0 Å². The lowest BCUT2D eigenvalue weighted by Crippen LogP contribution is -2.13. The number of rotatable bonds is 2. The van der Waals surface area contributed by atoms with Crippen molar-refractivity contribution < 1.29 is 4.79 Å². The maximum Gasteiger partial charge on any atom is 0.255 e. The van der Waals surface area contributed by atoms with Crippen LogP contribution in [0.3, 0.4) is 0 Å². The molecular weight excluding hydrogens is 407 g/mol. The van der Waals surface area contributed by atoms with Crippen molar-refractivity contribution in [2.45, 2.75) is 6.92 Å². The van der Waals surface area contributed by atoms with E-state index < -0.39 is 0 Å². The second kappa shape index (κ2) is 5.79. The number of benzene rings is 1. The molecule has 1 aromatic carbocycles. The van der Waals surface area contributed by atoms with Crippen molar-refractivity contribution in [3.63, 3.8) is 0 Å². The molecule has 0 aliphatic rings. The standard InChI is InChI=1S/C13H10BrIN2O/c1-8-11(5-6-12(14)16-8)17-13(18)9-3-2-4-10(15)7-9/h2-7H,1H3,(H,17,18). The summed E-state index contributed by atoms with van der Waals surface area (Å²) in [5, 5.41) is 2.86. The van der Waals surface area contributed by atoms with E-state index in [-0.39, 0.29) is 5.91 Å². The summed E-state index contributed by atoms with van der Waals surface area (Å²) in [4.78, 5) is 16.3. The number of carbonyl (C=O) groups excluding carboxylic acids is 1. The molecule has 92 valence electrons. The highest BCUT2D eigenvalue weighted by molar-refractivity contribution is 14.1. The zero-order valence-electron chi connectivity index (χ0n) is 9.58. The number of aryl methyl sites for hydroxylation is 1. The molecular formula is C13H10BrIN2O. The van der Waals surface area contributed by atoms with Crippen LogP contribution >= 0.6 is 38.5 Å². The minimum Gasteiger partial charge on any atom is -0.320 e. The second-order valence-electron chi connectivity index (χ2n) is 3.73. The highest BCUT2D eigenvalue weighted by Gasteiger charge is 2.08. The number of halogens is 2. The molecule has 2 aromatic rings. The van der Waals surface area contributed by atoms with Crippen LogP contribution in [0, 0.1) is 10.5 Å². The van der Waals surface area contributed by atoms with Gasteiger partial charge in [0.05, 0.1) is 11.4 Å². The molecule has 0 bridgehead atoms. The Kier molecular flexibility index (Phi) is 4.34. The molecule has 1 aromatic heterocycles. The molecule has 0 unspecified atom stereocenters. The predicted octanol–water partition coefficient (Wildman–Crippen LogP) is 4.01. The summed E-state index contributed by atoms with van der Waals surface area (Å²) in [6, 6.07) is 11.1. The van der Waals surface area contributed by atoms with Gasteiger partial charge in [0.15, 0.2) is 0 Å². The molecule has 0 aliphatic heterocycles. The molecule has 5 heteroatoms. The van der Waals surface area contributed by atoms with E-state index in [0.717, 1.165) is 19.6 Å². The van der Waals surface area contributed by atoms with Gasteiger partial charge in [-0.05, 0) is 75.8 Å². The molecule has 2 rings (SSSR count). The van der Waals surface area contributed by atoms with Crippen molar-refractivity contribution in [1.82, 2.24) is 4.98 Å². The quantitative estimate of drug-likeness (QED) is 0.593. The van der Waals surface area contributed by atoms with Crippen LogP contribution in [0.5, 0.6) is 0 Å². The van der Waals surface area contributed by atoms with Crippen molar-refractivity contribution in [2.75, 3.05) is 5.32 Å². The number of hydrogen-bond acceptors (Lipinski definition) is 2. The molecule has 0 aliphatic carbocycles. The summed E-state index contributed by atoms with van der Waals surface area (Å²) >= 11 is 5.47. The van der Waals surface area contributed by atoms with E-state index in [0.29, 0.717) is 5.56 Å². The van der Waals surface area contributed by atoms with Gasteiger partial charge in [0.1, 0.15) is 4.60 Å². The third kappa shape index (κ3) is 3.29. The number of nitrogens with zero attached hydrogens (tertiary/aromatic N) is 1. The van der Waals surface area contributed by atoms with Crippen molar-refractivity contribution in [3.8, 4) is 0 Å². The monoisotopic (exact) mass is 416 g/mol. The van der Waals surface area contributed by atoms with Crippen LogP contribution in [0.2, 0.25) is 0 Å². The average molecular weight is 417 g/mol. The first-order chi connectivity index (χ1) is 8.56. The number of pyridine rings is 1. The summed E-state index contributed by atoms with van der Waals surface area (Å²) in [6.45, 7) is 1.86. The number of anilines is 1. The van der Waals surface area contributed by atoms with Gasteiger partial charge in [-0.2, -0.15) is 0 Å². The van der Waals surface area contributed by atoms with Gasteiger partial charge in [-0.25, -0.2) is 4.98 Å². The fourth-order valence-electron chi connectivity index (χ4n) is 1.49. The van der Waals surface area contributed by atoms with Crippen molar-refractivity contribution in [1.29, 1.82) is 0 Å². The molecule has 0 atom stereocenters. The van der Waals surface area contributed by atoms with Crippen molar-refractivity contribution >= 4 is 50.1 Å². The predicted molar refractivity (Wildman–Crippen MR) is 83.8 cm³/mol. The van der Waals surface area contributed by atoms with E-state index in [1.165, 1.54) is 0 Å². The Morgan fingerprint density at radius 2 is 2.11 bits per heavy atom. The molecule has 1 amide bonds. The minimum absolute atomic E-state index is 0.124. The van der Waals surface area contributed by atoms with E-state index >= 15 is 0 Å². The first-order valence-corrected chi connectivity index (χ1v) is 7.13. The highest BCUT2D eigenvalue weighted by atomic mass is 127. The fraction of sp³-hybridized carbons (Fsp3) is 0.0769. The van der Waals surface area contributed by atoms with E-state index in [9.17, 15) is 4.79 Å².